The van der Waals surface area contributed by atoms with Crippen LogP contribution in [0.2, 0.25) is 5.02 Å². The van der Waals surface area contributed by atoms with E-state index in [9.17, 15) is 14.4 Å². The molecule has 2 N–H and O–H groups in total. The largest absolute Gasteiger partial charge is 0.444 e. The monoisotopic (exact) mass is 529 g/mol. The zero-order chi connectivity index (χ0) is 28.1. The lowest BCUT2D eigenvalue weighted by atomic mass is 9.96. The maximum absolute atomic E-state index is 13.9. The van der Waals surface area contributed by atoms with Crippen molar-refractivity contribution < 1.29 is 19.1 Å². The van der Waals surface area contributed by atoms with Crippen LogP contribution in [0.4, 0.5) is 10.5 Å². The van der Waals surface area contributed by atoms with Gasteiger partial charge in [-0.25, -0.2) is 4.79 Å². The maximum atomic E-state index is 13.9. The van der Waals surface area contributed by atoms with Gasteiger partial charge in [-0.05, 0) is 71.6 Å². The molecule has 2 rings (SSSR count). The summed E-state index contributed by atoms with van der Waals surface area (Å²) in [5.74, 6) is -1.02. The molecular weight excluding hydrogens is 490 g/mol. The summed E-state index contributed by atoms with van der Waals surface area (Å²) in [6.45, 7) is 16.8. The molecule has 37 heavy (non-hydrogen) atoms. The summed E-state index contributed by atoms with van der Waals surface area (Å²) in [4.78, 5) is 41.9. The van der Waals surface area contributed by atoms with E-state index in [1.807, 2.05) is 71.9 Å². The van der Waals surface area contributed by atoms with Gasteiger partial charge in [-0.15, -0.1) is 0 Å². The number of carbonyl (C=O) groups excluding carboxylic acids is 3. The quantitative estimate of drug-likeness (QED) is 0.417. The summed E-state index contributed by atoms with van der Waals surface area (Å²) >= 11 is 6.40. The summed E-state index contributed by atoms with van der Waals surface area (Å²) < 4.78 is 5.40. The summed E-state index contributed by atoms with van der Waals surface area (Å²) in [6.07, 6.45) is -0.685. The van der Waals surface area contributed by atoms with Gasteiger partial charge in [0.1, 0.15) is 17.7 Å². The number of nitrogens with zero attached hydrogens (tertiary/aromatic N) is 1. The van der Waals surface area contributed by atoms with Gasteiger partial charge in [-0.2, -0.15) is 0 Å². The second kappa shape index (κ2) is 12.5. The highest BCUT2D eigenvalue weighted by atomic mass is 35.5. The van der Waals surface area contributed by atoms with Gasteiger partial charge in [0.05, 0.1) is 10.7 Å². The lowest BCUT2D eigenvalue weighted by Crippen LogP contribution is -2.54. The first kappa shape index (κ1) is 30.2. The smallest absolute Gasteiger partial charge is 0.408 e. The Morgan fingerprint density at radius 2 is 1.62 bits per heavy atom. The Kier molecular flexibility index (Phi) is 10.2. The van der Waals surface area contributed by atoms with Crippen molar-refractivity contribution in [3.05, 3.63) is 63.7 Å². The molecule has 0 aromatic heterocycles. The van der Waals surface area contributed by atoms with Gasteiger partial charge < -0.3 is 20.3 Å². The van der Waals surface area contributed by atoms with Gasteiger partial charge in [0.25, 0.3) is 5.91 Å². The van der Waals surface area contributed by atoms with E-state index in [1.54, 1.807) is 26.8 Å². The van der Waals surface area contributed by atoms with Crippen molar-refractivity contribution in [2.45, 2.75) is 80.0 Å². The normalized spacial score (nSPS) is 13.1. The molecule has 3 amide bonds. The van der Waals surface area contributed by atoms with E-state index in [-0.39, 0.29) is 18.4 Å². The first-order valence-electron chi connectivity index (χ1n) is 12.6. The Bertz CT molecular complexity index is 1100. The van der Waals surface area contributed by atoms with Gasteiger partial charge >= 0.3 is 6.09 Å². The minimum absolute atomic E-state index is 0.241. The fraction of sp³-hybridized carbons (Fsp3) is 0.483. The molecule has 0 radical (unpaired) electrons. The van der Waals surface area contributed by atoms with Crippen molar-refractivity contribution in [2.75, 3.05) is 11.9 Å². The van der Waals surface area contributed by atoms with E-state index >= 15 is 0 Å². The zero-order valence-corrected chi connectivity index (χ0v) is 24.1. The van der Waals surface area contributed by atoms with Crippen LogP contribution in [0.5, 0.6) is 0 Å². The number of aryl methyl sites for hydroxylation is 3. The lowest BCUT2D eigenvalue weighted by Gasteiger charge is -2.35. The van der Waals surface area contributed by atoms with E-state index in [4.69, 9.17) is 16.3 Å². The number of hydrogen-bond acceptors (Lipinski definition) is 4. The third kappa shape index (κ3) is 8.22. The molecule has 0 saturated heterocycles. The van der Waals surface area contributed by atoms with E-state index in [0.29, 0.717) is 16.3 Å². The van der Waals surface area contributed by atoms with Crippen LogP contribution in [0, 0.1) is 26.7 Å². The number of alkyl carbamates (subject to hydrolysis) is 1. The summed E-state index contributed by atoms with van der Waals surface area (Å²) in [6, 6.07) is 9.35. The first-order valence-corrected chi connectivity index (χ1v) is 13.0. The number of carbonyl (C=O) groups is 3. The topological polar surface area (TPSA) is 87.7 Å². The van der Waals surface area contributed by atoms with Crippen molar-refractivity contribution in [2.24, 2.45) is 5.92 Å². The first-order chi connectivity index (χ1) is 17.1. The third-order valence-corrected chi connectivity index (χ3v) is 6.13. The van der Waals surface area contributed by atoms with E-state index in [1.165, 1.54) is 4.90 Å². The number of hydrogen-bond donors (Lipinski definition) is 2. The Hall–Kier alpha value is -3.06. The number of nitrogens with one attached hydrogen (secondary N) is 2. The number of halogens is 1. The zero-order valence-electron chi connectivity index (χ0n) is 23.4. The molecule has 2 atom stereocenters. The van der Waals surface area contributed by atoms with Crippen molar-refractivity contribution in [3.8, 4) is 0 Å². The number of likely N-dealkylation sites (N-methyl/N-ethyl adjacent to an activating group) is 1. The Balaban J connectivity index is 2.53. The van der Waals surface area contributed by atoms with Crippen LogP contribution < -0.4 is 10.6 Å². The molecule has 7 nitrogen and oxygen atoms in total. The van der Waals surface area contributed by atoms with Gasteiger partial charge in [-0.1, -0.05) is 66.9 Å². The molecule has 0 saturated carbocycles. The Labute approximate surface area is 225 Å². The van der Waals surface area contributed by atoms with Crippen molar-refractivity contribution in [1.29, 1.82) is 0 Å². The maximum Gasteiger partial charge on any atom is 0.408 e. The molecule has 0 aliphatic heterocycles. The highest BCUT2D eigenvalue weighted by Crippen LogP contribution is 2.30. The average molecular weight is 530 g/mol. The molecule has 0 aliphatic carbocycles. The minimum atomic E-state index is -0.951. The average Bonchev–Trinajstić information content (AvgIpc) is 2.75. The van der Waals surface area contributed by atoms with Gasteiger partial charge in [-0.3, -0.25) is 9.59 Å². The van der Waals surface area contributed by atoms with E-state index in [0.717, 1.165) is 16.7 Å². The summed E-state index contributed by atoms with van der Waals surface area (Å²) in [5, 5.41) is 6.08. The summed E-state index contributed by atoms with van der Waals surface area (Å²) in [7, 11) is 0. The molecule has 2 unspecified atom stereocenters. The fourth-order valence-corrected chi connectivity index (χ4v) is 4.48. The van der Waals surface area contributed by atoms with Crippen LogP contribution in [0.15, 0.2) is 36.4 Å². The Morgan fingerprint density at radius 1 is 1.03 bits per heavy atom. The molecule has 2 aromatic carbocycles. The van der Waals surface area contributed by atoms with Crippen LogP contribution in [-0.4, -0.2) is 41.0 Å². The van der Waals surface area contributed by atoms with Gasteiger partial charge in [0.2, 0.25) is 5.91 Å². The van der Waals surface area contributed by atoms with Crippen LogP contribution in [0.1, 0.15) is 69.8 Å². The van der Waals surface area contributed by atoms with Gasteiger partial charge in [0.15, 0.2) is 0 Å². The lowest BCUT2D eigenvalue weighted by molar-refractivity contribution is -0.141. The second-order valence-corrected chi connectivity index (χ2v) is 11.1. The van der Waals surface area contributed by atoms with Crippen molar-refractivity contribution in [3.63, 3.8) is 0 Å². The number of rotatable bonds is 8. The number of para-hydroxylation sites is 1. The molecular formula is C29H40ClN3O4. The minimum Gasteiger partial charge on any atom is -0.444 e. The number of amides is 3. The molecule has 202 valence electrons. The van der Waals surface area contributed by atoms with E-state index in [2.05, 4.69) is 10.6 Å². The molecule has 0 aliphatic rings. The highest BCUT2D eigenvalue weighted by Gasteiger charge is 2.37. The Morgan fingerprint density at radius 3 is 2.11 bits per heavy atom. The molecule has 0 bridgehead atoms. The van der Waals surface area contributed by atoms with Crippen LogP contribution in [-0.2, 0) is 14.3 Å². The molecule has 0 spiro atoms. The molecule has 0 heterocycles. The van der Waals surface area contributed by atoms with Crippen molar-refractivity contribution in [1.82, 2.24) is 10.2 Å². The number of benzene rings is 2. The molecule has 8 heteroatoms. The summed E-state index contributed by atoms with van der Waals surface area (Å²) in [5.41, 5.74) is 3.21. The van der Waals surface area contributed by atoms with Gasteiger partial charge in [0, 0.05) is 6.54 Å². The van der Waals surface area contributed by atoms with Crippen LogP contribution >= 0.6 is 11.6 Å². The number of anilines is 1. The standard InChI is InChI=1S/C29H40ClN3O4/c1-10-33(27(35)23(17(2)3)32-28(36)37-29(7,8)9)25(21-15-18(4)14-19(5)16-21)26(34)31-24-20(6)12-11-13-22(24)30/h11-17,23,25H,10H2,1-9H3,(H,31,34)(H,32,36). The predicted octanol–water partition coefficient (Wildman–Crippen LogP) is 6.34. The SMILES string of the molecule is CCN(C(=O)C(NC(=O)OC(C)(C)C)C(C)C)C(C(=O)Nc1c(C)cccc1Cl)c1cc(C)cc(C)c1. The number of ether oxygens (including phenoxy) is 1. The molecule has 0 fully saturated rings. The molecule has 2 aromatic rings. The fourth-order valence-electron chi connectivity index (χ4n) is 4.21. The van der Waals surface area contributed by atoms with Crippen LogP contribution in [0.25, 0.3) is 0 Å². The third-order valence-electron chi connectivity index (χ3n) is 5.82. The second-order valence-electron chi connectivity index (χ2n) is 10.7. The highest BCUT2D eigenvalue weighted by molar-refractivity contribution is 6.34. The predicted molar refractivity (Wildman–Crippen MR) is 149 cm³/mol. The van der Waals surface area contributed by atoms with Crippen LogP contribution in [0.3, 0.4) is 0 Å². The van der Waals surface area contributed by atoms with E-state index < -0.39 is 29.7 Å². The van der Waals surface area contributed by atoms with Crippen molar-refractivity contribution >= 4 is 35.2 Å².